The zero-order valence-corrected chi connectivity index (χ0v) is 13.6. The summed E-state index contributed by atoms with van der Waals surface area (Å²) >= 11 is 0. The number of carbonyl (C=O) groups excluding carboxylic acids is 1. The van der Waals surface area contributed by atoms with Crippen molar-refractivity contribution in [3.63, 3.8) is 0 Å². The molecule has 3 aromatic rings. The van der Waals surface area contributed by atoms with Crippen molar-refractivity contribution >= 4 is 28.3 Å². The maximum atomic E-state index is 12.2. The number of carbonyl (C=O) groups is 1. The quantitative estimate of drug-likeness (QED) is 0.305. The number of rotatable bonds is 6. The molecule has 132 valence electrons. The molecule has 1 aromatic heterocycles. The summed E-state index contributed by atoms with van der Waals surface area (Å²) in [6.45, 7) is 0.437. The highest BCUT2D eigenvalue weighted by Crippen LogP contribution is 2.22. The van der Waals surface area contributed by atoms with Crippen molar-refractivity contribution in [2.75, 3.05) is 18.4 Å². The molecule has 0 unspecified atom stereocenters. The average Bonchev–Trinajstić information content (AvgIpc) is 2.64. The van der Waals surface area contributed by atoms with Crippen LogP contribution in [0.25, 0.3) is 11.0 Å². The maximum Gasteiger partial charge on any atom is 0.349 e. The third kappa shape index (κ3) is 3.69. The van der Waals surface area contributed by atoms with E-state index in [0.717, 1.165) is 0 Å². The van der Waals surface area contributed by atoms with Crippen LogP contribution < -0.4 is 16.3 Å². The second-order valence-corrected chi connectivity index (χ2v) is 5.44. The van der Waals surface area contributed by atoms with Gasteiger partial charge in [-0.2, -0.15) is 0 Å². The Morgan fingerprint density at radius 2 is 1.81 bits per heavy atom. The van der Waals surface area contributed by atoms with E-state index < -0.39 is 16.5 Å². The summed E-state index contributed by atoms with van der Waals surface area (Å²) in [4.78, 5) is 34.6. The van der Waals surface area contributed by atoms with Gasteiger partial charge in [0.1, 0.15) is 16.8 Å². The SMILES string of the molecule is O=C(NCCNc1ccccc1[N+](=O)[O-])c1cc2ccccc2oc1=O. The first-order valence-corrected chi connectivity index (χ1v) is 7.84. The van der Waals surface area contributed by atoms with Gasteiger partial charge in [-0.15, -0.1) is 0 Å². The molecule has 2 aromatic carbocycles. The molecular weight excluding hydrogens is 338 g/mol. The summed E-state index contributed by atoms with van der Waals surface area (Å²) < 4.78 is 5.12. The van der Waals surface area contributed by atoms with Crippen LogP contribution in [0.3, 0.4) is 0 Å². The van der Waals surface area contributed by atoms with Gasteiger partial charge in [-0.25, -0.2) is 4.79 Å². The molecule has 0 fully saturated rings. The highest BCUT2D eigenvalue weighted by molar-refractivity contribution is 5.96. The molecule has 1 heterocycles. The minimum atomic E-state index is -0.715. The number of nitro benzene ring substituents is 1. The van der Waals surface area contributed by atoms with Crippen LogP contribution in [-0.2, 0) is 0 Å². The first-order valence-electron chi connectivity index (χ1n) is 7.84. The third-order valence-electron chi connectivity index (χ3n) is 3.71. The van der Waals surface area contributed by atoms with Crippen molar-refractivity contribution in [3.8, 4) is 0 Å². The van der Waals surface area contributed by atoms with Crippen molar-refractivity contribution in [1.82, 2.24) is 5.32 Å². The van der Waals surface area contributed by atoms with Crippen LogP contribution in [0.2, 0.25) is 0 Å². The predicted molar refractivity (Wildman–Crippen MR) is 96.4 cm³/mol. The number of nitrogens with zero attached hydrogens (tertiary/aromatic N) is 1. The molecule has 0 spiro atoms. The minimum Gasteiger partial charge on any atom is -0.422 e. The first-order chi connectivity index (χ1) is 12.6. The fourth-order valence-electron chi connectivity index (χ4n) is 2.47. The summed E-state index contributed by atoms with van der Waals surface area (Å²) in [6.07, 6.45) is 0. The fourth-order valence-corrected chi connectivity index (χ4v) is 2.47. The van der Waals surface area contributed by atoms with Gasteiger partial charge in [-0.3, -0.25) is 14.9 Å². The van der Waals surface area contributed by atoms with E-state index in [-0.39, 0.29) is 24.3 Å². The van der Waals surface area contributed by atoms with Crippen molar-refractivity contribution in [2.24, 2.45) is 0 Å². The predicted octanol–water partition coefficient (Wildman–Crippen LogP) is 2.54. The zero-order chi connectivity index (χ0) is 18.5. The number of para-hydroxylation sites is 3. The monoisotopic (exact) mass is 353 g/mol. The summed E-state index contributed by atoms with van der Waals surface area (Å²) in [5, 5.41) is 17.1. The molecule has 8 nitrogen and oxygen atoms in total. The van der Waals surface area contributed by atoms with Gasteiger partial charge >= 0.3 is 5.63 Å². The lowest BCUT2D eigenvalue weighted by Gasteiger charge is -2.08. The van der Waals surface area contributed by atoms with Gasteiger partial charge in [0.15, 0.2) is 0 Å². The normalized spacial score (nSPS) is 10.5. The molecule has 3 rings (SSSR count). The van der Waals surface area contributed by atoms with Gasteiger partial charge in [0, 0.05) is 24.5 Å². The van der Waals surface area contributed by atoms with Gasteiger partial charge in [0.05, 0.1) is 4.92 Å². The van der Waals surface area contributed by atoms with Crippen LogP contribution >= 0.6 is 0 Å². The number of hydrogen-bond donors (Lipinski definition) is 2. The molecule has 26 heavy (non-hydrogen) atoms. The molecule has 0 saturated heterocycles. The maximum absolute atomic E-state index is 12.2. The van der Waals surface area contributed by atoms with Crippen LogP contribution in [0.15, 0.2) is 63.8 Å². The van der Waals surface area contributed by atoms with Crippen LogP contribution in [0.4, 0.5) is 11.4 Å². The van der Waals surface area contributed by atoms with Gasteiger partial charge < -0.3 is 15.1 Å². The van der Waals surface area contributed by atoms with Gasteiger partial charge in [0.2, 0.25) is 0 Å². The Morgan fingerprint density at radius 1 is 1.08 bits per heavy atom. The van der Waals surface area contributed by atoms with Crippen LogP contribution in [0, 0.1) is 10.1 Å². The van der Waals surface area contributed by atoms with Crippen molar-refractivity contribution < 1.29 is 14.1 Å². The number of benzene rings is 2. The smallest absolute Gasteiger partial charge is 0.349 e. The number of fused-ring (bicyclic) bond motifs is 1. The first kappa shape index (κ1) is 17.2. The number of amides is 1. The molecule has 8 heteroatoms. The number of nitro groups is 1. The Hall–Kier alpha value is -3.68. The summed E-state index contributed by atoms with van der Waals surface area (Å²) in [5.41, 5.74) is -0.0830. The Balaban J connectivity index is 1.62. The third-order valence-corrected chi connectivity index (χ3v) is 3.71. The lowest BCUT2D eigenvalue weighted by molar-refractivity contribution is -0.384. The second-order valence-electron chi connectivity index (χ2n) is 5.44. The van der Waals surface area contributed by atoms with E-state index in [9.17, 15) is 19.7 Å². The fraction of sp³-hybridized carbons (Fsp3) is 0.111. The van der Waals surface area contributed by atoms with E-state index in [4.69, 9.17) is 4.42 Å². The van der Waals surface area contributed by atoms with E-state index in [1.807, 2.05) is 0 Å². The Bertz CT molecular complexity index is 1030. The Labute approximate surface area is 147 Å². The van der Waals surface area contributed by atoms with Crippen LogP contribution in [0.5, 0.6) is 0 Å². The van der Waals surface area contributed by atoms with E-state index in [1.54, 1.807) is 42.5 Å². The largest absolute Gasteiger partial charge is 0.422 e. The average molecular weight is 353 g/mol. The number of hydrogen-bond acceptors (Lipinski definition) is 6. The second kappa shape index (κ2) is 7.47. The molecule has 0 radical (unpaired) electrons. The Kier molecular flexibility index (Phi) is 4.93. The molecule has 0 aliphatic carbocycles. The van der Waals surface area contributed by atoms with Crippen LogP contribution in [-0.4, -0.2) is 23.9 Å². The van der Waals surface area contributed by atoms with Crippen molar-refractivity contribution in [2.45, 2.75) is 0 Å². The molecule has 0 bridgehead atoms. The van der Waals surface area contributed by atoms with Crippen molar-refractivity contribution in [3.05, 3.63) is 80.7 Å². The van der Waals surface area contributed by atoms with Gasteiger partial charge in [-0.1, -0.05) is 30.3 Å². The summed E-state index contributed by atoms with van der Waals surface area (Å²) in [6, 6.07) is 14.6. The molecule has 1 amide bonds. The lowest BCUT2D eigenvalue weighted by atomic mass is 10.2. The molecule has 0 aliphatic heterocycles. The molecule has 0 atom stereocenters. The number of nitrogens with one attached hydrogen (secondary N) is 2. The van der Waals surface area contributed by atoms with E-state index in [0.29, 0.717) is 16.7 Å². The lowest BCUT2D eigenvalue weighted by Crippen LogP contribution is -2.32. The molecule has 0 saturated carbocycles. The van der Waals surface area contributed by atoms with E-state index in [1.165, 1.54) is 12.1 Å². The highest BCUT2D eigenvalue weighted by Gasteiger charge is 2.14. The molecule has 0 aliphatic rings. The minimum absolute atomic E-state index is 0.0472. The van der Waals surface area contributed by atoms with Gasteiger partial charge in [-0.05, 0) is 18.2 Å². The summed E-state index contributed by atoms with van der Waals surface area (Å²) in [5.74, 6) is -0.561. The molecular formula is C18H15N3O5. The van der Waals surface area contributed by atoms with Crippen molar-refractivity contribution in [1.29, 1.82) is 0 Å². The topological polar surface area (TPSA) is 114 Å². The highest BCUT2D eigenvalue weighted by atomic mass is 16.6. The standard InChI is InChI=1S/C18H15N3O5/c22-17(13-11-12-5-1-4-8-16(12)26-18(13)23)20-10-9-19-14-6-2-3-7-15(14)21(24)25/h1-8,11,19H,9-10H2,(H,20,22). The molecule has 2 N–H and O–H groups in total. The van der Waals surface area contributed by atoms with E-state index in [2.05, 4.69) is 10.6 Å². The zero-order valence-electron chi connectivity index (χ0n) is 13.6. The number of anilines is 1. The van der Waals surface area contributed by atoms with Crippen LogP contribution in [0.1, 0.15) is 10.4 Å². The summed E-state index contributed by atoms with van der Waals surface area (Å²) in [7, 11) is 0. The van der Waals surface area contributed by atoms with Gasteiger partial charge in [0.25, 0.3) is 11.6 Å². The Morgan fingerprint density at radius 3 is 2.62 bits per heavy atom. The van der Waals surface area contributed by atoms with E-state index >= 15 is 0 Å².